The normalized spacial score (nSPS) is 40.4. The number of hydrogen-bond acceptors (Lipinski definition) is 0. The van der Waals surface area contributed by atoms with Crippen molar-refractivity contribution in [2.45, 2.75) is 71.6 Å². The molecule has 0 bridgehead atoms. The molecule has 0 aromatic heterocycles. The van der Waals surface area contributed by atoms with Gasteiger partial charge in [-0.15, -0.1) is 0 Å². The van der Waals surface area contributed by atoms with Gasteiger partial charge in [0.2, 0.25) is 0 Å². The van der Waals surface area contributed by atoms with Crippen molar-refractivity contribution in [2.24, 2.45) is 23.7 Å². The van der Waals surface area contributed by atoms with Gasteiger partial charge in [0, 0.05) is 0 Å². The molecule has 15 heavy (non-hydrogen) atoms. The van der Waals surface area contributed by atoms with Crippen molar-refractivity contribution in [3.8, 4) is 0 Å². The monoisotopic (exact) mass is 208 g/mol. The van der Waals surface area contributed by atoms with Gasteiger partial charge in [-0.1, -0.05) is 58.8 Å². The predicted octanol–water partition coefficient (Wildman–Crippen LogP) is 5.03. The van der Waals surface area contributed by atoms with Gasteiger partial charge in [-0.3, -0.25) is 0 Å². The summed E-state index contributed by atoms with van der Waals surface area (Å²) in [6.45, 7) is 4.82. The van der Waals surface area contributed by atoms with E-state index >= 15 is 0 Å². The number of unbranched alkanes of at least 4 members (excludes halogenated alkanes) is 2. The fourth-order valence-corrected chi connectivity index (χ4v) is 3.76. The minimum atomic E-state index is 1.04. The molecular formula is C15H28. The van der Waals surface area contributed by atoms with E-state index in [1.165, 1.54) is 38.5 Å². The molecule has 0 heteroatoms. The molecule has 0 aliphatic heterocycles. The smallest absolute Gasteiger partial charge is 0.0352 e. The van der Waals surface area contributed by atoms with Crippen LogP contribution in [0.4, 0.5) is 0 Å². The lowest BCUT2D eigenvalue weighted by Gasteiger charge is -2.29. The van der Waals surface area contributed by atoms with Crippen LogP contribution in [0, 0.1) is 23.7 Å². The zero-order valence-corrected chi connectivity index (χ0v) is 10.7. The van der Waals surface area contributed by atoms with Crippen LogP contribution in [0.3, 0.4) is 0 Å². The third-order valence-electron chi connectivity index (χ3n) is 4.88. The van der Waals surface area contributed by atoms with Crippen LogP contribution >= 0.6 is 0 Å². The van der Waals surface area contributed by atoms with Crippen molar-refractivity contribution in [3.63, 3.8) is 0 Å². The van der Waals surface area contributed by atoms with Crippen molar-refractivity contribution in [1.82, 2.24) is 0 Å². The molecule has 2 saturated carbocycles. The first kappa shape index (κ1) is 11.5. The van der Waals surface area contributed by atoms with E-state index in [1.807, 2.05) is 0 Å². The van der Waals surface area contributed by atoms with E-state index < -0.39 is 0 Å². The van der Waals surface area contributed by atoms with Crippen LogP contribution in [-0.4, -0.2) is 0 Å². The Morgan fingerprint density at radius 3 is 2.53 bits per heavy atom. The molecule has 2 aliphatic carbocycles. The summed E-state index contributed by atoms with van der Waals surface area (Å²) >= 11 is 0. The summed E-state index contributed by atoms with van der Waals surface area (Å²) in [5.74, 6) is 4.45. The first-order chi connectivity index (χ1) is 7.33. The Hall–Kier alpha value is 0. The molecular weight excluding hydrogens is 180 g/mol. The highest BCUT2D eigenvalue weighted by molar-refractivity contribution is 4.93. The third kappa shape index (κ3) is 2.98. The summed E-state index contributed by atoms with van der Waals surface area (Å²) in [5, 5.41) is 0. The third-order valence-corrected chi connectivity index (χ3v) is 4.88. The van der Waals surface area contributed by atoms with Gasteiger partial charge in [-0.25, -0.2) is 0 Å². The second kappa shape index (κ2) is 5.37. The summed E-state index contributed by atoms with van der Waals surface area (Å²) in [5.41, 5.74) is 0. The lowest BCUT2D eigenvalue weighted by atomic mass is 9.77. The highest BCUT2D eigenvalue weighted by Crippen LogP contribution is 2.53. The Bertz CT molecular complexity index is 184. The zero-order valence-electron chi connectivity index (χ0n) is 10.7. The molecule has 4 atom stereocenters. The van der Waals surface area contributed by atoms with Gasteiger partial charge in [-0.2, -0.15) is 0 Å². The molecule has 88 valence electrons. The summed E-state index contributed by atoms with van der Waals surface area (Å²) < 4.78 is 0. The maximum atomic E-state index is 2.51. The van der Waals surface area contributed by atoms with Crippen LogP contribution < -0.4 is 0 Å². The van der Waals surface area contributed by atoms with Crippen molar-refractivity contribution >= 4 is 0 Å². The lowest BCUT2D eigenvalue weighted by molar-refractivity contribution is 0.217. The first-order valence-electron chi connectivity index (χ1n) is 7.33. The van der Waals surface area contributed by atoms with Crippen LogP contribution in [0.1, 0.15) is 71.6 Å². The van der Waals surface area contributed by atoms with E-state index in [-0.39, 0.29) is 0 Å². The second-order valence-electron chi connectivity index (χ2n) is 6.08. The molecule has 0 heterocycles. The van der Waals surface area contributed by atoms with E-state index in [1.54, 1.807) is 19.3 Å². The standard InChI is InChI=1S/C15H28/c1-3-4-5-9-13-11-15(13)14-10-7-6-8-12(14)2/h12-15H,3-11H2,1-2H3. The molecule has 0 aromatic carbocycles. The fraction of sp³-hybridized carbons (Fsp3) is 1.00. The molecule has 0 aromatic rings. The van der Waals surface area contributed by atoms with Gasteiger partial charge in [0.05, 0.1) is 0 Å². The summed E-state index contributed by atoms with van der Waals surface area (Å²) in [6, 6.07) is 0. The predicted molar refractivity (Wildman–Crippen MR) is 66.9 cm³/mol. The van der Waals surface area contributed by atoms with E-state index in [0.29, 0.717) is 0 Å². The SMILES string of the molecule is CCCCCC1CC1C1CCCCC1C. The number of rotatable bonds is 5. The maximum absolute atomic E-state index is 2.51. The molecule has 0 spiro atoms. The topological polar surface area (TPSA) is 0 Å². The van der Waals surface area contributed by atoms with Gasteiger partial charge in [0.15, 0.2) is 0 Å². The van der Waals surface area contributed by atoms with Gasteiger partial charge in [0.25, 0.3) is 0 Å². The van der Waals surface area contributed by atoms with E-state index in [0.717, 1.165) is 23.7 Å². The minimum Gasteiger partial charge on any atom is -0.0654 e. The van der Waals surface area contributed by atoms with E-state index in [2.05, 4.69) is 13.8 Å². The van der Waals surface area contributed by atoms with Crippen LogP contribution in [0.5, 0.6) is 0 Å². The quantitative estimate of drug-likeness (QED) is 0.556. The van der Waals surface area contributed by atoms with Crippen LogP contribution in [0.25, 0.3) is 0 Å². The number of hydrogen-bond donors (Lipinski definition) is 0. The summed E-state index contributed by atoms with van der Waals surface area (Å²) in [4.78, 5) is 0. The summed E-state index contributed by atoms with van der Waals surface area (Å²) in [6.07, 6.45) is 13.6. The van der Waals surface area contributed by atoms with Gasteiger partial charge >= 0.3 is 0 Å². The molecule has 0 amide bonds. The Kier molecular flexibility index (Phi) is 4.11. The molecule has 0 radical (unpaired) electrons. The Balaban J connectivity index is 1.68. The molecule has 2 fully saturated rings. The lowest BCUT2D eigenvalue weighted by Crippen LogP contribution is -2.19. The highest BCUT2D eigenvalue weighted by atomic mass is 14.5. The molecule has 0 nitrogen and oxygen atoms in total. The summed E-state index contributed by atoms with van der Waals surface area (Å²) in [7, 11) is 0. The van der Waals surface area contributed by atoms with Crippen LogP contribution in [0.15, 0.2) is 0 Å². The van der Waals surface area contributed by atoms with Crippen LogP contribution in [-0.2, 0) is 0 Å². The fourth-order valence-electron chi connectivity index (χ4n) is 3.76. The van der Waals surface area contributed by atoms with Gasteiger partial charge < -0.3 is 0 Å². The van der Waals surface area contributed by atoms with Gasteiger partial charge in [-0.05, 0) is 36.5 Å². The molecule has 0 saturated heterocycles. The van der Waals surface area contributed by atoms with Crippen molar-refractivity contribution in [1.29, 1.82) is 0 Å². The van der Waals surface area contributed by atoms with Crippen molar-refractivity contribution in [3.05, 3.63) is 0 Å². The van der Waals surface area contributed by atoms with E-state index in [4.69, 9.17) is 0 Å². The van der Waals surface area contributed by atoms with Gasteiger partial charge in [0.1, 0.15) is 0 Å². The van der Waals surface area contributed by atoms with Crippen molar-refractivity contribution in [2.75, 3.05) is 0 Å². The Morgan fingerprint density at radius 1 is 1.00 bits per heavy atom. The second-order valence-corrected chi connectivity index (χ2v) is 6.08. The molecule has 4 unspecified atom stereocenters. The van der Waals surface area contributed by atoms with Crippen LogP contribution in [0.2, 0.25) is 0 Å². The zero-order chi connectivity index (χ0) is 10.7. The molecule has 0 N–H and O–H groups in total. The highest BCUT2D eigenvalue weighted by Gasteiger charge is 2.44. The Labute approximate surface area is 95.8 Å². The maximum Gasteiger partial charge on any atom is -0.0352 e. The molecule has 2 aliphatic rings. The van der Waals surface area contributed by atoms with E-state index in [9.17, 15) is 0 Å². The largest absolute Gasteiger partial charge is 0.0654 e. The minimum absolute atomic E-state index is 1.04. The average Bonchev–Trinajstić information content (AvgIpc) is 2.98. The van der Waals surface area contributed by atoms with Crippen molar-refractivity contribution < 1.29 is 0 Å². The first-order valence-corrected chi connectivity index (χ1v) is 7.33. The average molecular weight is 208 g/mol. The molecule has 2 rings (SSSR count). The Morgan fingerprint density at radius 2 is 1.80 bits per heavy atom.